The Hall–Kier alpha value is -1.22. The van der Waals surface area contributed by atoms with Crippen LogP contribution in [0.2, 0.25) is 0 Å². The molecule has 0 heterocycles. The van der Waals surface area contributed by atoms with Gasteiger partial charge >= 0.3 is 6.18 Å². The van der Waals surface area contributed by atoms with Crippen LogP contribution in [0.4, 0.5) is 13.2 Å². The molecule has 6 heteroatoms. The second-order valence-corrected chi connectivity index (χ2v) is 2.64. The van der Waals surface area contributed by atoms with E-state index in [4.69, 9.17) is 6.42 Å². The lowest BCUT2D eigenvalue weighted by molar-refractivity contribution is -0.139. The molecule has 0 aliphatic heterocycles. The van der Waals surface area contributed by atoms with Crippen LogP contribution in [0.1, 0.15) is 6.92 Å². The highest BCUT2D eigenvalue weighted by Gasteiger charge is 2.28. The van der Waals surface area contributed by atoms with Crippen molar-refractivity contribution >= 4 is 5.91 Å². The Bertz CT molecular complexity index is 232. The Balaban J connectivity index is 3.80. The van der Waals surface area contributed by atoms with Crippen LogP contribution < -0.4 is 10.6 Å². The van der Waals surface area contributed by atoms with E-state index in [0.717, 1.165) is 0 Å². The molecular weight excluding hydrogens is 197 g/mol. The number of alkyl halides is 3. The predicted molar refractivity (Wildman–Crippen MR) is 45.4 cm³/mol. The molecule has 0 saturated heterocycles. The summed E-state index contributed by atoms with van der Waals surface area (Å²) in [6.45, 7) is 0.248. The average Bonchev–Trinajstić information content (AvgIpc) is 2.09. The highest BCUT2D eigenvalue weighted by molar-refractivity contribution is 5.81. The molecule has 2 N–H and O–H groups in total. The molecule has 1 unspecified atom stereocenters. The first-order valence-electron chi connectivity index (χ1n) is 3.88. The normalized spacial score (nSPS) is 13.1. The summed E-state index contributed by atoms with van der Waals surface area (Å²) in [6, 6.07) is -0.728. The molecular formula is C8H11F3N2O. The van der Waals surface area contributed by atoms with Gasteiger partial charge in [-0.3, -0.25) is 10.1 Å². The summed E-state index contributed by atoms with van der Waals surface area (Å²) in [6.07, 6.45) is 0.509. The Labute approximate surface area is 80.1 Å². The maximum atomic E-state index is 11.7. The lowest BCUT2D eigenvalue weighted by Crippen LogP contribution is -2.45. The van der Waals surface area contributed by atoms with Crippen molar-refractivity contribution in [2.75, 3.05) is 13.1 Å². The number of carbonyl (C=O) groups is 1. The maximum absolute atomic E-state index is 11.7. The van der Waals surface area contributed by atoms with Crippen molar-refractivity contribution in [2.45, 2.75) is 19.1 Å². The molecule has 14 heavy (non-hydrogen) atoms. The fourth-order valence-electron chi connectivity index (χ4n) is 0.645. The fraction of sp³-hybridized carbons (Fsp3) is 0.625. The van der Waals surface area contributed by atoms with Crippen molar-refractivity contribution < 1.29 is 18.0 Å². The Morgan fingerprint density at radius 1 is 1.57 bits per heavy atom. The van der Waals surface area contributed by atoms with Gasteiger partial charge in [-0.05, 0) is 6.92 Å². The van der Waals surface area contributed by atoms with Crippen molar-refractivity contribution in [3.05, 3.63) is 0 Å². The van der Waals surface area contributed by atoms with Crippen molar-refractivity contribution in [1.82, 2.24) is 10.6 Å². The molecule has 0 bridgehead atoms. The molecule has 1 amide bonds. The van der Waals surface area contributed by atoms with Crippen molar-refractivity contribution in [2.24, 2.45) is 0 Å². The summed E-state index contributed by atoms with van der Waals surface area (Å²) in [5.41, 5.74) is 0. The zero-order chi connectivity index (χ0) is 11.2. The number of rotatable bonds is 4. The lowest BCUT2D eigenvalue weighted by atomic mass is 10.3. The topological polar surface area (TPSA) is 41.1 Å². The van der Waals surface area contributed by atoms with Gasteiger partial charge in [-0.2, -0.15) is 13.2 Å². The van der Waals surface area contributed by atoms with E-state index in [0.29, 0.717) is 0 Å². The summed E-state index contributed by atoms with van der Waals surface area (Å²) in [5.74, 6) is 1.49. The highest BCUT2D eigenvalue weighted by atomic mass is 19.4. The van der Waals surface area contributed by atoms with E-state index < -0.39 is 24.7 Å². The third kappa shape index (κ3) is 6.31. The summed E-state index contributed by atoms with van der Waals surface area (Å²) < 4.78 is 35.0. The minimum atomic E-state index is -4.39. The molecule has 0 radical (unpaired) electrons. The first-order valence-corrected chi connectivity index (χ1v) is 3.88. The molecule has 0 aromatic carbocycles. The Morgan fingerprint density at radius 3 is 2.57 bits per heavy atom. The Kier molecular flexibility index (Phi) is 5.02. The third-order valence-corrected chi connectivity index (χ3v) is 1.37. The smallest absolute Gasteiger partial charge is 0.346 e. The third-order valence-electron chi connectivity index (χ3n) is 1.37. The van der Waals surface area contributed by atoms with E-state index >= 15 is 0 Å². The molecule has 1 atom stereocenters. The molecule has 0 aliphatic carbocycles. The van der Waals surface area contributed by atoms with Crippen LogP contribution in [0.15, 0.2) is 0 Å². The van der Waals surface area contributed by atoms with Crippen LogP contribution >= 0.6 is 0 Å². The van der Waals surface area contributed by atoms with Crippen LogP contribution in [0.3, 0.4) is 0 Å². The summed E-state index contributed by atoms with van der Waals surface area (Å²) >= 11 is 0. The van der Waals surface area contributed by atoms with E-state index in [1.165, 1.54) is 6.92 Å². The summed E-state index contributed by atoms with van der Waals surface area (Å²) in [7, 11) is 0. The molecule has 0 spiro atoms. The van der Waals surface area contributed by atoms with E-state index in [2.05, 4.69) is 11.2 Å². The monoisotopic (exact) mass is 208 g/mol. The van der Waals surface area contributed by atoms with Gasteiger partial charge < -0.3 is 5.32 Å². The van der Waals surface area contributed by atoms with E-state index in [1.807, 2.05) is 0 Å². The number of hydrogen-bond acceptors (Lipinski definition) is 2. The number of amides is 1. The molecule has 0 aliphatic rings. The predicted octanol–water partition coefficient (Wildman–Crippen LogP) is 0.276. The molecule has 80 valence electrons. The zero-order valence-corrected chi connectivity index (χ0v) is 7.61. The summed E-state index contributed by atoms with van der Waals surface area (Å²) in [5, 5.41) is 4.29. The van der Waals surface area contributed by atoms with Gasteiger partial charge in [0, 0.05) is 0 Å². The van der Waals surface area contributed by atoms with Gasteiger partial charge in [-0.25, -0.2) is 0 Å². The van der Waals surface area contributed by atoms with Crippen molar-refractivity contribution in [3.8, 4) is 12.3 Å². The SMILES string of the molecule is C#CCNC(C)C(=O)NCC(F)(F)F. The second-order valence-electron chi connectivity index (χ2n) is 2.64. The van der Waals surface area contributed by atoms with Gasteiger partial charge in [0.15, 0.2) is 0 Å². The molecule has 0 fully saturated rings. The Morgan fingerprint density at radius 2 is 2.14 bits per heavy atom. The van der Waals surface area contributed by atoms with E-state index in [1.54, 1.807) is 5.32 Å². The van der Waals surface area contributed by atoms with Gasteiger partial charge in [0.05, 0.1) is 12.6 Å². The number of halogens is 3. The number of terminal acetylenes is 1. The quantitative estimate of drug-likeness (QED) is 0.651. The van der Waals surface area contributed by atoms with Gasteiger partial charge in [0.1, 0.15) is 6.54 Å². The standard InChI is InChI=1S/C8H11F3N2O/c1-3-4-12-6(2)7(14)13-5-8(9,10)11/h1,6,12H,4-5H2,2H3,(H,13,14). The highest BCUT2D eigenvalue weighted by Crippen LogP contribution is 2.12. The number of hydrogen-bond donors (Lipinski definition) is 2. The molecule has 0 aromatic rings. The van der Waals surface area contributed by atoms with Crippen LogP contribution in [-0.2, 0) is 4.79 Å². The van der Waals surface area contributed by atoms with Gasteiger partial charge in [-0.15, -0.1) is 6.42 Å². The first kappa shape index (κ1) is 12.8. The van der Waals surface area contributed by atoms with Crippen LogP contribution in [0.5, 0.6) is 0 Å². The minimum Gasteiger partial charge on any atom is -0.346 e. The van der Waals surface area contributed by atoms with Gasteiger partial charge in [-0.1, -0.05) is 5.92 Å². The molecule has 0 saturated carbocycles. The zero-order valence-electron chi connectivity index (χ0n) is 7.61. The van der Waals surface area contributed by atoms with Crippen LogP contribution in [0, 0.1) is 12.3 Å². The maximum Gasteiger partial charge on any atom is 0.405 e. The van der Waals surface area contributed by atoms with Gasteiger partial charge in [0.25, 0.3) is 0 Å². The molecule has 3 nitrogen and oxygen atoms in total. The molecule has 0 aromatic heterocycles. The second kappa shape index (κ2) is 5.50. The van der Waals surface area contributed by atoms with Crippen LogP contribution in [0.25, 0.3) is 0 Å². The van der Waals surface area contributed by atoms with Gasteiger partial charge in [0.2, 0.25) is 5.91 Å². The number of nitrogens with one attached hydrogen (secondary N) is 2. The number of carbonyl (C=O) groups excluding carboxylic acids is 1. The lowest BCUT2D eigenvalue weighted by Gasteiger charge is -2.13. The van der Waals surface area contributed by atoms with E-state index in [9.17, 15) is 18.0 Å². The summed E-state index contributed by atoms with van der Waals surface area (Å²) in [4.78, 5) is 11.0. The van der Waals surface area contributed by atoms with E-state index in [-0.39, 0.29) is 6.54 Å². The van der Waals surface area contributed by atoms with Crippen molar-refractivity contribution in [3.63, 3.8) is 0 Å². The average molecular weight is 208 g/mol. The van der Waals surface area contributed by atoms with Crippen molar-refractivity contribution in [1.29, 1.82) is 0 Å². The fourth-order valence-corrected chi connectivity index (χ4v) is 0.645. The first-order chi connectivity index (χ1) is 6.37. The van der Waals surface area contributed by atoms with Crippen LogP contribution in [-0.4, -0.2) is 31.2 Å². The molecule has 0 rings (SSSR count). The largest absolute Gasteiger partial charge is 0.405 e. The minimum absolute atomic E-state index is 0.139.